The minimum absolute atomic E-state index is 0.0330. The minimum Gasteiger partial charge on any atom is -0.370 e. The molecule has 53 valence electrons. The van der Waals surface area contributed by atoms with Crippen molar-refractivity contribution >= 4 is 0 Å². The van der Waals surface area contributed by atoms with Crippen LogP contribution < -0.4 is 0 Å². The van der Waals surface area contributed by atoms with Crippen molar-refractivity contribution in [3.05, 3.63) is 6.61 Å². The summed E-state index contributed by atoms with van der Waals surface area (Å²) in [6, 6.07) is 0. The van der Waals surface area contributed by atoms with Gasteiger partial charge in [0.05, 0.1) is 18.8 Å². The third kappa shape index (κ3) is 1.66. The van der Waals surface area contributed by atoms with Crippen LogP contribution >= 0.6 is 0 Å². The molecule has 0 saturated carbocycles. The van der Waals surface area contributed by atoms with Crippen LogP contribution in [0.3, 0.4) is 0 Å². The molecule has 1 saturated heterocycles. The molecule has 1 atom stereocenters. The molecule has 1 aliphatic rings. The van der Waals surface area contributed by atoms with Crippen molar-refractivity contribution in [1.82, 2.24) is 0 Å². The smallest absolute Gasteiger partial charge is 0.109 e. The summed E-state index contributed by atoms with van der Waals surface area (Å²) in [6.07, 6.45) is 1.01. The Morgan fingerprint density at radius 2 is 2.44 bits per heavy atom. The molecule has 0 aliphatic carbocycles. The fraction of sp³-hybridized carbons (Fsp3) is 0.857. The zero-order chi connectivity index (χ0) is 6.74. The van der Waals surface area contributed by atoms with Crippen molar-refractivity contribution in [2.24, 2.45) is 0 Å². The Bertz CT molecular complexity index is 84.9. The number of rotatable bonds is 1. The fourth-order valence-corrected chi connectivity index (χ4v) is 0.764. The average Bonchev–Trinajstić information content (AvgIpc) is 1.90. The lowest BCUT2D eigenvalue weighted by Gasteiger charge is -2.32. The van der Waals surface area contributed by atoms with E-state index in [0.29, 0.717) is 13.2 Å². The molecule has 1 rings (SSSR count). The number of ether oxygens (including phenoxy) is 2. The minimum atomic E-state index is -0.0330. The molecule has 1 heterocycles. The first-order valence-electron chi connectivity index (χ1n) is 3.34. The highest BCUT2D eigenvalue weighted by Gasteiger charge is 2.26. The van der Waals surface area contributed by atoms with E-state index in [9.17, 15) is 0 Å². The lowest BCUT2D eigenvalue weighted by Crippen LogP contribution is -2.37. The monoisotopic (exact) mass is 129 g/mol. The summed E-state index contributed by atoms with van der Waals surface area (Å²) in [7, 11) is 0. The van der Waals surface area contributed by atoms with Crippen LogP contribution in [0, 0.1) is 6.61 Å². The van der Waals surface area contributed by atoms with Gasteiger partial charge in [-0.05, 0) is 13.3 Å². The van der Waals surface area contributed by atoms with E-state index < -0.39 is 0 Å². The predicted molar refractivity (Wildman–Crippen MR) is 34.9 cm³/mol. The maximum Gasteiger partial charge on any atom is 0.109 e. The van der Waals surface area contributed by atoms with Crippen molar-refractivity contribution in [3.8, 4) is 0 Å². The van der Waals surface area contributed by atoms with Crippen LogP contribution in [0.2, 0.25) is 0 Å². The van der Waals surface area contributed by atoms with Crippen molar-refractivity contribution in [1.29, 1.82) is 0 Å². The lowest BCUT2D eigenvalue weighted by atomic mass is 10.0. The van der Waals surface area contributed by atoms with E-state index in [1.54, 1.807) is 6.61 Å². The lowest BCUT2D eigenvalue weighted by molar-refractivity contribution is -0.123. The van der Waals surface area contributed by atoms with Gasteiger partial charge in [0.2, 0.25) is 0 Å². The number of hydrogen-bond acceptors (Lipinski definition) is 2. The summed E-state index contributed by atoms with van der Waals surface area (Å²) in [5, 5.41) is 0. The molecule has 2 heteroatoms. The van der Waals surface area contributed by atoms with Crippen molar-refractivity contribution in [3.63, 3.8) is 0 Å². The second-order valence-electron chi connectivity index (χ2n) is 2.59. The van der Waals surface area contributed by atoms with Crippen LogP contribution in [0.1, 0.15) is 20.3 Å². The maximum absolute atomic E-state index is 5.43. The van der Waals surface area contributed by atoms with Crippen LogP contribution in [0.15, 0.2) is 0 Å². The third-order valence-corrected chi connectivity index (χ3v) is 1.75. The van der Waals surface area contributed by atoms with E-state index in [4.69, 9.17) is 9.47 Å². The van der Waals surface area contributed by atoms with Crippen molar-refractivity contribution in [2.75, 3.05) is 13.2 Å². The summed E-state index contributed by atoms with van der Waals surface area (Å²) in [5.41, 5.74) is -0.0330. The Kier molecular flexibility index (Phi) is 2.09. The summed E-state index contributed by atoms with van der Waals surface area (Å²) < 4.78 is 10.6. The summed E-state index contributed by atoms with van der Waals surface area (Å²) in [4.78, 5) is 0. The van der Waals surface area contributed by atoms with E-state index in [0.717, 1.165) is 6.42 Å². The fourth-order valence-electron chi connectivity index (χ4n) is 0.764. The van der Waals surface area contributed by atoms with Crippen LogP contribution in [0.5, 0.6) is 0 Å². The molecule has 0 aromatic carbocycles. The van der Waals surface area contributed by atoms with E-state index >= 15 is 0 Å². The normalized spacial score (nSPS) is 36.7. The third-order valence-electron chi connectivity index (χ3n) is 1.75. The molecule has 1 aliphatic heterocycles. The van der Waals surface area contributed by atoms with Crippen LogP contribution in [0.25, 0.3) is 0 Å². The Morgan fingerprint density at radius 3 is 2.78 bits per heavy atom. The Labute approximate surface area is 56.2 Å². The standard InChI is InChI=1S/C7H13O2/c1-3-7(2)6-8-4-5-9-7/h4H,3,5-6H2,1-2H3. The molecule has 1 unspecified atom stereocenters. The average molecular weight is 129 g/mol. The van der Waals surface area contributed by atoms with E-state index in [-0.39, 0.29) is 5.60 Å². The summed E-state index contributed by atoms with van der Waals surface area (Å²) in [6.45, 7) is 7.21. The molecule has 1 radical (unpaired) electrons. The molecule has 0 N–H and O–H groups in total. The molecule has 0 aromatic heterocycles. The summed E-state index contributed by atoms with van der Waals surface area (Å²) in [5.74, 6) is 0. The molecule has 0 bridgehead atoms. The molecule has 0 spiro atoms. The van der Waals surface area contributed by atoms with Gasteiger partial charge in [0.25, 0.3) is 0 Å². The SMILES string of the molecule is CCC1(C)CO[CH]CO1. The van der Waals surface area contributed by atoms with Gasteiger partial charge in [0.15, 0.2) is 0 Å². The second-order valence-corrected chi connectivity index (χ2v) is 2.59. The Morgan fingerprint density at radius 1 is 1.67 bits per heavy atom. The van der Waals surface area contributed by atoms with Gasteiger partial charge in [-0.3, -0.25) is 0 Å². The highest BCUT2D eigenvalue weighted by Crippen LogP contribution is 2.19. The van der Waals surface area contributed by atoms with Gasteiger partial charge in [-0.25, -0.2) is 0 Å². The maximum atomic E-state index is 5.43. The topological polar surface area (TPSA) is 18.5 Å². The van der Waals surface area contributed by atoms with Gasteiger partial charge in [-0.2, -0.15) is 0 Å². The molecule has 1 fully saturated rings. The Balaban J connectivity index is 2.37. The van der Waals surface area contributed by atoms with Gasteiger partial charge < -0.3 is 9.47 Å². The van der Waals surface area contributed by atoms with E-state index in [1.165, 1.54) is 0 Å². The predicted octanol–water partition coefficient (Wildman–Crippen LogP) is 1.36. The molecular formula is C7H13O2. The van der Waals surface area contributed by atoms with Crippen molar-refractivity contribution < 1.29 is 9.47 Å². The van der Waals surface area contributed by atoms with Gasteiger partial charge >= 0.3 is 0 Å². The van der Waals surface area contributed by atoms with Crippen LogP contribution in [0.4, 0.5) is 0 Å². The first-order valence-corrected chi connectivity index (χ1v) is 3.34. The van der Waals surface area contributed by atoms with E-state index in [2.05, 4.69) is 13.8 Å². The first-order chi connectivity index (χ1) is 4.27. The highest BCUT2D eigenvalue weighted by atomic mass is 16.6. The quantitative estimate of drug-likeness (QED) is 0.532. The highest BCUT2D eigenvalue weighted by molar-refractivity contribution is 4.77. The second kappa shape index (κ2) is 2.67. The van der Waals surface area contributed by atoms with Gasteiger partial charge in [-0.15, -0.1) is 0 Å². The molecule has 0 aromatic rings. The largest absolute Gasteiger partial charge is 0.370 e. The van der Waals surface area contributed by atoms with Gasteiger partial charge in [0.1, 0.15) is 6.61 Å². The van der Waals surface area contributed by atoms with Gasteiger partial charge in [0, 0.05) is 0 Å². The molecule has 2 nitrogen and oxygen atoms in total. The first kappa shape index (κ1) is 7.03. The van der Waals surface area contributed by atoms with Crippen molar-refractivity contribution in [2.45, 2.75) is 25.9 Å². The zero-order valence-electron chi connectivity index (χ0n) is 6.02. The number of hydrogen-bond donors (Lipinski definition) is 0. The molecule has 0 amide bonds. The zero-order valence-corrected chi connectivity index (χ0v) is 6.02. The van der Waals surface area contributed by atoms with E-state index in [1.807, 2.05) is 0 Å². The van der Waals surface area contributed by atoms with Crippen LogP contribution in [-0.2, 0) is 9.47 Å². The molecular weight excluding hydrogens is 116 g/mol. The van der Waals surface area contributed by atoms with Crippen LogP contribution in [-0.4, -0.2) is 18.8 Å². The molecule has 9 heavy (non-hydrogen) atoms. The Hall–Kier alpha value is -0.0800. The van der Waals surface area contributed by atoms with Gasteiger partial charge in [-0.1, -0.05) is 6.92 Å². The summed E-state index contributed by atoms with van der Waals surface area (Å²) >= 11 is 0.